The summed E-state index contributed by atoms with van der Waals surface area (Å²) in [6.45, 7) is 1.52. The van der Waals surface area contributed by atoms with Gasteiger partial charge in [-0.2, -0.15) is 0 Å². The van der Waals surface area contributed by atoms with Crippen LogP contribution in [-0.4, -0.2) is 30.4 Å². The maximum absolute atomic E-state index is 12.1. The van der Waals surface area contributed by atoms with Crippen molar-refractivity contribution in [1.82, 2.24) is 4.90 Å². The first-order valence-corrected chi connectivity index (χ1v) is 7.96. The number of ether oxygens (including phenoxy) is 2. The van der Waals surface area contributed by atoms with E-state index in [1.54, 1.807) is 4.90 Å². The van der Waals surface area contributed by atoms with Crippen LogP contribution in [0.1, 0.15) is 17.5 Å². The Morgan fingerprint density at radius 3 is 2.35 bits per heavy atom. The van der Waals surface area contributed by atoms with E-state index >= 15 is 0 Å². The highest BCUT2D eigenvalue weighted by atomic mass is 16.6. The van der Waals surface area contributed by atoms with Crippen LogP contribution in [0.4, 0.5) is 4.79 Å². The summed E-state index contributed by atoms with van der Waals surface area (Å²) in [5, 5.41) is 0. The molecule has 0 bridgehead atoms. The van der Waals surface area contributed by atoms with Gasteiger partial charge in [-0.3, -0.25) is 4.90 Å². The summed E-state index contributed by atoms with van der Waals surface area (Å²) in [4.78, 5) is 13.7. The van der Waals surface area contributed by atoms with Crippen molar-refractivity contribution >= 4 is 6.09 Å². The fourth-order valence-corrected chi connectivity index (χ4v) is 2.68. The SMILES string of the molecule is O=C1OCCC(OCCc2ccccc2)N1Cc1ccccc1. The van der Waals surface area contributed by atoms with Crippen molar-refractivity contribution in [2.45, 2.75) is 25.6 Å². The molecular weight excluding hydrogens is 290 g/mol. The van der Waals surface area contributed by atoms with Gasteiger partial charge >= 0.3 is 6.09 Å². The minimum absolute atomic E-state index is 0.222. The maximum Gasteiger partial charge on any atom is 0.412 e. The molecule has 0 aliphatic carbocycles. The van der Waals surface area contributed by atoms with Crippen LogP contribution in [0.15, 0.2) is 60.7 Å². The Morgan fingerprint density at radius 2 is 1.65 bits per heavy atom. The average molecular weight is 311 g/mol. The second-order valence-electron chi connectivity index (χ2n) is 5.58. The second kappa shape index (κ2) is 7.79. The van der Waals surface area contributed by atoms with Crippen molar-refractivity contribution in [3.05, 3.63) is 71.8 Å². The minimum Gasteiger partial charge on any atom is -0.449 e. The zero-order chi connectivity index (χ0) is 15.9. The van der Waals surface area contributed by atoms with Crippen LogP contribution in [0.3, 0.4) is 0 Å². The van der Waals surface area contributed by atoms with Gasteiger partial charge in [0.1, 0.15) is 6.23 Å². The minimum atomic E-state index is -0.301. The van der Waals surface area contributed by atoms with E-state index in [1.807, 2.05) is 48.5 Å². The average Bonchev–Trinajstić information content (AvgIpc) is 2.60. The summed E-state index contributed by atoms with van der Waals surface area (Å²) in [5.74, 6) is 0. The third-order valence-corrected chi connectivity index (χ3v) is 3.91. The van der Waals surface area contributed by atoms with Crippen LogP contribution in [0.5, 0.6) is 0 Å². The molecule has 120 valence electrons. The molecule has 23 heavy (non-hydrogen) atoms. The predicted molar refractivity (Wildman–Crippen MR) is 87.8 cm³/mol. The number of benzene rings is 2. The van der Waals surface area contributed by atoms with Gasteiger partial charge in [0.2, 0.25) is 0 Å². The molecule has 0 N–H and O–H groups in total. The van der Waals surface area contributed by atoms with Crippen LogP contribution in [0, 0.1) is 0 Å². The number of cyclic esters (lactones) is 1. The molecule has 1 amide bonds. The molecule has 1 aliphatic rings. The van der Waals surface area contributed by atoms with Crippen LogP contribution in [0.2, 0.25) is 0 Å². The highest BCUT2D eigenvalue weighted by Crippen LogP contribution is 2.18. The maximum atomic E-state index is 12.1. The summed E-state index contributed by atoms with van der Waals surface area (Å²) >= 11 is 0. The summed E-state index contributed by atoms with van der Waals surface area (Å²) in [5.41, 5.74) is 2.31. The van der Waals surface area contributed by atoms with Gasteiger partial charge < -0.3 is 9.47 Å². The first-order chi connectivity index (χ1) is 11.3. The number of nitrogens with zero attached hydrogens (tertiary/aromatic N) is 1. The molecule has 0 aromatic heterocycles. The normalized spacial score (nSPS) is 17.8. The lowest BCUT2D eigenvalue weighted by Crippen LogP contribution is -2.46. The molecule has 0 spiro atoms. The topological polar surface area (TPSA) is 38.8 Å². The fraction of sp³-hybridized carbons (Fsp3) is 0.316. The van der Waals surface area contributed by atoms with Crippen LogP contribution in [0.25, 0.3) is 0 Å². The zero-order valence-corrected chi connectivity index (χ0v) is 13.1. The second-order valence-corrected chi connectivity index (χ2v) is 5.58. The summed E-state index contributed by atoms with van der Waals surface area (Å²) < 4.78 is 11.1. The molecule has 1 aliphatic heterocycles. The van der Waals surface area contributed by atoms with E-state index in [9.17, 15) is 4.79 Å². The first-order valence-electron chi connectivity index (χ1n) is 7.96. The largest absolute Gasteiger partial charge is 0.449 e. The molecular formula is C19H21NO3. The number of carbonyl (C=O) groups is 1. The van der Waals surface area contributed by atoms with E-state index in [2.05, 4.69) is 12.1 Å². The Bertz CT molecular complexity index is 615. The van der Waals surface area contributed by atoms with Gasteiger partial charge in [0.05, 0.1) is 19.8 Å². The van der Waals surface area contributed by atoms with Gasteiger partial charge in [0.25, 0.3) is 0 Å². The van der Waals surface area contributed by atoms with E-state index in [0.29, 0.717) is 26.2 Å². The summed E-state index contributed by atoms with van der Waals surface area (Å²) in [6, 6.07) is 20.1. The van der Waals surface area contributed by atoms with Gasteiger partial charge in [-0.05, 0) is 17.5 Å². The number of hydrogen-bond acceptors (Lipinski definition) is 3. The van der Waals surface area contributed by atoms with Gasteiger partial charge in [0, 0.05) is 6.42 Å². The molecule has 2 aromatic carbocycles. The lowest BCUT2D eigenvalue weighted by atomic mass is 10.2. The van der Waals surface area contributed by atoms with Crippen molar-refractivity contribution in [1.29, 1.82) is 0 Å². The van der Waals surface area contributed by atoms with Gasteiger partial charge in [-0.25, -0.2) is 4.79 Å². The molecule has 1 atom stereocenters. The molecule has 1 fully saturated rings. The molecule has 1 heterocycles. The number of carbonyl (C=O) groups excluding carboxylic acids is 1. The lowest BCUT2D eigenvalue weighted by molar-refractivity contribution is -0.0916. The first kappa shape index (κ1) is 15.6. The molecule has 0 saturated carbocycles. The van der Waals surface area contributed by atoms with E-state index in [-0.39, 0.29) is 12.3 Å². The Morgan fingerprint density at radius 1 is 1.00 bits per heavy atom. The quantitative estimate of drug-likeness (QED) is 0.818. The molecule has 1 saturated heterocycles. The third-order valence-electron chi connectivity index (χ3n) is 3.91. The Labute approximate surface area is 136 Å². The number of rotatable bonds is 6. The Kier molecular flexibility index (Phi) is 5.27. The van der Waals surface area contributed by atoms with Crippen LogP contribution < -0.4 is 0 Å². The van der Waals surface area contributed by atoms with Crippen LogP contribution in [-0.2, 0) is 22.4 Å². The van der Waals surface area contributed by atoms with Crippen molar-refractivity contribution < 1.29 is 14.3 Å². The van der Waals surface area contributed by atoms with Crippen molar-refractivity contribution in [3.8, 4) is 0 Å². The van der Waals surface area contributed by atoms with Crippen molar-refractivity contribution in [3.63, 3.8) is 0 Å². The van der Waals surface area contributed by atoms with E-state index in [0.717, 1.165) is 12.0 Å². The Hall–Kier alpha value is -2.33. The van der Waals surface area contributed by atoms with E-state index in [1.165, 1.54) is 5.56 Å². The van der Waals surface area contributed by atoms with Crippen LogP contribution >= 0.6 is 0 Å². The van der Waals surface area contributed by atoms with Gasteiger partial charge in [-0.1, -0.05) is 60.7 Å². The summed E-state index contributed by atoms with van der Waals surface area (Å²) in [7, 11) is 0. The summed E-state index contributed by atoms with van der Waals surface area (Å²) in [6.07, 6.45) is 1.02. The number of hydrogen-bond donors (Lipinski definition) is 0. The van der Waals surface area contributed by atoms with Crippen molar-refractivity contribution in [2.75, 3.05) is 13.2 Å². The highest BCUT2D eigenvalue weighted by Gasteiger charge is 2.30. The molecule has 3 rings (SSSR count). The van der Waals surface area contributed by atoms with Gasteiger partial charge in [-0.15, -0.1) is 0 Å². The molecule has 4 heteroatoms. The fourth-order valence-electron chi connectivity index (χ4n) is 2.68. The highest BCUT2D eigenvalue weighted by molar-refractivity contribution is 5.68. The standard InChI is InChI=1S/C19H21NO3/c21-19-20(15-17-9-5-2-6-10-17)18(12-14-23-19)22-13-11-16-7-3-1-4-8-16/h1-10,18H,11-15H2. The smallest absolute Gasteiger partial charge is 0.412 e. The Balaban J connectivity index is 1.58. The molecule has 1 unspecified atom stereocenters. The van der Waals surface area contributed by atoms with Crippen molar-refractivity contribution in [2.24, 2.45) is 0 Å². The zero-order valence-electron chi connectivity index (χ0n) is 13.1. The lowest BCUT2D eigenvalue weighted by Gasteiger charge is -2.34. The molecule has 4 nitrogen and oxygen atoms in total. The van der Waals surface area contributed by atoms with E-state index < -0.39 is 0 Å². The molecule has 0 radical (unpaired) electrons. The van der Waals surface area contributed by atoms with Gasteiger partial charge in [0.15, 0.2) is 0 Å². The number of amides is 1. The molecule has 2 aromatic rings. The third kappa shape index (κ3) is 4.33. The monoisotopic (exact) mass is 311 g/mol. The predicted octanol–water partition coefficient (Wildman–Crippen LogP) is 3.61. The van der Waals surface area contributed by atoms with E-state index in [4.69, 9.17) is 9.47 Å².